The fourth-order valence-corrected chi connectivity index (χ4v) is 2.01. The standard InChI is InChI=1S/C18H24O/c1-5-9-16(18(2,3)4)14-17(19)13-12-15-10-7-6-8-11-15/h5-8,10-13,16H,1,9,14H2,2-4H3/b13-12+. The summed E-state index contributed by atoms with van der Waals surface area (Å²) in [6, 6.07) is 9.90. The molecule has 0 aliphatic heterocycles. The zero-order chi connectivity index (χ0) is 14.3. The lowest BCUT2D eigenvalue weighted by Gasteiger charge is -2.29. The second-order valence-electron chi connectivity index (χ2n) is 6.00. The monoisotopic (exact) mass is 256 g/mol. The Balaban J connectivity index is 2.63. The Morgan fingerprint density at radius 1 is 1.26 bits per heavy atom. The lowest BCUT2D eigenvalue weighted by molar-refractivity contribution is -0.116. The van der Waals surface area contributed by atoms with E-state index in [2.05, 4.69) is 27.4 Å². The van der Waals surface area contributed by atoms with Gasteiger partial charge in [0.2, 0.25) is 0 Å². The number of hydrogen-bond acceptors (Lipinski definition) is 1. The van der Waals surface area contributed by atoms with E-state index >= 15 is 0 Å². The number of ketones is 1. The van der Waals surface area contributed by atoms with Crippen LogP contribution in [-0.2, 0) is 4.79 Å². The van der Waals surface area contributed by atoms with Gasteiger partial charge in [-0.15, -0.1) is 6.58 Å². The average molecular weight is 256 g/mol. The number of benzene rings is 1. The molecular formula is C18H24O. The van der Waals surface area contributed by atoms with Gasteiger partial charge in [0.15, 0.2) is 5.78 Å². The van der Waals surface area contributed by atoms with Crippen LogP contribution < -0.4 is 0 Å². The third-order valence-electron chi connectivity index (χ3n) is 3.38. The number of hydrogen-bond donors (Lipinski definition) is 0. The quantitative estimate of drug-likeness (QED) is 0.523. The summed E-state index contributed by atoms with van der Waals surface area (Å²) in [4.78, 5) is 12.0. The molecule has 0 N–H and O–H groups in total. The van der Waals surface area contributed by atoms with Crippen molar-refractivity contribution in [3.05, 3.63) is 54.6 Å². The van der Waals surface area contributed by atoms with Crippen LogP contribution in [-0.4, -0.2) is 5.78 Å². The highest BCUT2D eigenvalue weighted by Crippen LogP contribution is 2.32. The summed E-state index contributed by atoms with van der Waals surface area (Å²) in [7, 11) is 0. The first-order valence-electron chi connectivity index (χ1n) is 6.80. The molecule has 1 rings (SSSR count). The van der Waals surface area contributed by atoms with E-state index in [-0.39, 0.29) is 11.2 Å². The van der Waals surface area contributed by atoms with Crippen LogP contribution in [0.2, 0.25) is 0 Å². The van der Waals surface area contributed by atoms with Crippen LogP contribution in [0.1, 0.15) is 39.2 Å². The first-order valence-corrected chi connectivity index (χ1v) is 6.80. The van der Waals surface area contributed by atoms with Gasteiger partial charge in [-0.1, -0.05) is 63.3 Å². The molecule has 0 bridgehead atoms. The summed E-state index contributed by atoms with van der Waals surface area (Å²) in [5, 5.41) is 0. The van der Waals surface area contributed by atoms with Gasteiger partial charge in [-0.25, -0.2) is 0 Å². The largest absolute Gasteiger partial charge is 0.295 e. The number of carbonyl (C=O) groups excluding carboxylic acids is 1. The first kappa shape index (κ1) is 15.4. The van der Waals surface area contributed by atoms with Gasteiger partial charge in [0.05, 0.1) is 0 Å². The summed E-state index contributed by atoms with van der Waals surface area (Å²) >= 11 is 0. The molecular weight excluding hydrogens is 232 g/mol. The molecule has 102 valence electrons. The van der Waals surface area contributed by atoms with Crippen LogP contribution in [0.5, 0.6) is 0 Å². The topological polar surface area (TPSA) is 17.1 Å². The summed E-state index contributed by atoms with van der Waals surface area (Å²) < 4.78 is 0. The van der Waals surface area contributed by atoms with Crippen LogP contribution in [0.3, 0.4) is 0 Å². The molecule has 0 aliphatic carbocycles. The van der Waals surface area contributed by atoms with E-state index in [0.717, 1.165) is 12.0 Å². The maximum atomic E-state index is 12.0. The van der Waals surface area contributed by atoms with Crippen LogP contribution in [0.15, 0.2) is 49.1 Å². The minimum absolute atomic E-state index is 0.129. The molecule has 1 nitrogen and oxygen atoms in total. The minimum atomic E-state index is 0.129. The zero-order valence-corrected chi connectivity index (χ0v) is 12.2. The van der Waals surface area contributed by atoms with Gasteiger partial charge in [-0.05, 0) is 29.4 Å². The smallest absolute Gasteiger partial charge is 0.156 e. The van der Waals surface area contributed by atoms with Gasteiger partial charge < -0.3 is 0 Å². The second kappa shape index (κ2) is 7.08. The zero-order valence-electron chi connectivity index (χ0n) is 12.2. The molecule has 1 aromatic carbocycles. The normalized spacial score (nSPS) is 13.4. The SMILES string of the molecule is C=CCC(CC(=O)/C=C/c1ccccc1)C(C)(C)C. The predicted molar refractivity (Wildman–Crippen MR) is 82.9 cm³/mol. The molecule has 0 fully saturated rings. The highest BCUT2D eigenvalue weighted by molar-refractivity contribution is 5.93. The van der Waals surface area contributed by atoms with E-state index < -0.39 is 0 Å². The summed E-state index contributed by atoms with van der Waals surface area (Å²) in [6.07, 6.45) is 6.95. The lowest BCUT2D eigenvalue weighted by Crippen LogP contribution is -2.22. The van der Waals surface area contributed by atoms with Crippen LogP contribution >= 0.6 is 0 Å². The molecule has 0 aromatic heterocycles. The van der Waals surface area contributed by atoms with Crippen molar-refractivity contribution >= 4 is 11.9 Å². The van der Waals surface area contributed by atoms with Crippen molar-refractivity contribution in [2.75, 3.05) is 0 Å². The summed E-state index contributed by atoms with van der Waals surface area (Å²) in [5.41, 5.74) is 1.19. The molecule has 0 heterocycles. The van der Waals surface area contributed by atoms with E-state index in [9.17, 15) is 4.79 Å². The Morgan fingerprint density at radius 3 is 2.42 bits per heavy atom. The van der Waals surface area contributed by atoms with E-state index in [1.807, 2.05) is 42.5 Å². The van der Waals surface area contributed by atoms with E-state index in [1.165, 1.54) is 0 Å². The molecule has 0 radical (unpaired) electrons. The van der Waals surface area contributed by atoms with Crippen molar-refractivity contribution < 1.29 is 4.79 Å². The Hall–Kier alpha value is -1.63. The molecule has 1 atom stereocenters. The molecule has 1 aromatic rings. The van der Waals surface area contributed by atoms with E-state index in [4.69, 9.17) is 0 Å². The highest BCUT2D eigenvalue weighted by atomic mass is 16.1. The summed E-state index contributed by atoms with van der Waals surface area (Å²) in [5.74, 6) is 0.531. The molecule has 0 saturated heterocycles. The van der Waals surface area contributed by atoms with Gasteiger partial charge in [0.25, 0.3) is 0 Å². The fraction of sp³-hybridized carbons (Fsp3) is 0.389. The molecule has 0 amide bonds. The number of carbonyl (C=O) groups is 1. The van der Waals surface area contributed by atoms with Gasteiger partial charge in [0, 0.05) is 6.42 Å². The van der Waals surface area contributed by atoms with Crippen LogP contribution in [0.25, 0.3) is 6.08 Å². The maximum absolute atomic E-state index is 12.0. The van der Waals surface area contributed by atoms with Crippen molar-refractivity contribution in [1.82, 2.24) is 0 Å². The van der Waals surface area contributed by atoms with Gasteiger partial charge in [-0.2, -0.15) is 0 Å². The lowest BCUT2D eigenvalue weighted by atomic mass is 9.76. The van der Waals surface area contributed by atoms with Gasteiger partial charge in [-0.3, -0.25) is 4.79 Å². The molecule has 0 saturated carbocycles. The molecule has 1 unspecified atom stereocenters. The van der Waals surface area contributed by atoms with Gasteiger partial charge in [0.1, 0.15) is 0 Å². The third-order valence-corrected chi connectivity index (χ3v) is 3.38. The van der Waals surface area contributed by atoms with E-state index in [1.54, 1.807) is 6.08 Å². The highest BCUT2D eigenvalue weighted by Gasteiger charge is 2.24. The van der Waals surface area contributed by atoms with E-state index in [0.29, 0.717) is 12.3 Å². The van der Waals surface area contributed by atoms with Crippen LogP contribution in [0.4, 0.5) is 0 Å². The fourth-order valence-electron chi connectivity index (χ4n) is 2.01. The second-order valence-corrected chi connectivity index (χ2v) is 6.00. The first-order chi connectivity index (χ1) is 8.93. The predicted octanol–water partition coefficient (Wildman–Crippen LogP) is 4.90. The molecule has 0 spiro atoms. The Morgan fingerprint density at radius 2 is 1.89 bits per heavy atom. The van der Waals surface area contributed by atoms with Crippen molar-refractivity contribution in [2.45, 2.75) is 33.6 Å². The molecule has 19 heavy (non-hydrogen) atoms. The third kappa shape index (κ3) is 5.69. The van der Waals surface area contributed by atoms with Crippen molar-refractivity contribution in [1.29, 1.82) is 0 Å². The van der Waals surface area contributed by atoms with Gasteiger partial charge >= 0.3 is 0 Å². The maximum Gasteiger partial charge on any atom is 0.156 e. The average Bonchev–Trinajstić information content (AvgIpc) is 2.36. The Kier molecular flexibility index (Phi) is 5.75. The van der Waals surface area contributed by atoms with Crippen LogP contribution in [0, 0.1) is 11.3 Å². The Bertz CT molecular complexity index is 435. The summed E-state index contributed by atoms with van der Waals surface area (Å²) in [6.45, 7) is 10.3. The van der Waals surface area contributed by atoms with Crippen molar-refractivity contribution in [2.24, 2.45) is 11.3 Å². The molecule has 1 heteroatoms. The van der Waals surface area contributed by atoms with Crippen molar-refractivity contribution in [3.63, 3.8) is 0 Å². The number of allylic oxidation sites excluding steroid dienone is 2. The van der Waals surface area contributed by atoms with Crippen molar-refractivity contribution in [3.8, 4) is 0 Å². The Labute approximate surface area is 117 Å². The number of rotatable bonds is 6. The molecule has 0 aliphatic rings. The minimum Gasteiger partial charge on any atom is -0.295 e.